The van der Waals surface area contributed by atoms with Gasteiger partial charge in [-0.2, -0.15) is 5.10 Å². The lowest BCUT2D eigenvalue weighted by molar-refractivity contribution is -0.125. The second kappa shape index (κ2) is 9.85. The number of aromatic nitrogens is 3. The fraction of sp³-hybridized carbons (Fsp3) is 0.400. The molecule has 0 saturated heterocycles. The van der Waals surface area contributed by atoms with E-state index in [0.29, 0.717) is 6.54 Å². The Bertz CT molecular complexity index is 1070. The molecule has 3 heterocycles. The lowest BCUT2D eigenvalue weighted by Crippen LogP contribution is -2.39. The molecule has 0 bridgehead atoms. The Kier molecular flexibility index (Phi) is 6.73. The van der Waals surface area contributed by atoms with Gasteiger partial charge in [0, 0.05) is 51.3 Å². The van der Waals surface area contributed by atoms with Gasteiger partial charge in [-0.05, 0) is 43.9 Å². The van der Waals surface area contributed by atoms with Crippen molar-refractivity contribution in [3.63, 3.8) is 0 Å². The van der Waals surface area contributed by atoms with Crippen LogP contribution in [-0.4, -0.2) is 38.7 Å². The lowest BCUT2D eigenvalue weighted by atomic mass is 10.1. The van der Waals surface area contributed by atoms with Crippen molar-refractivity contribution in [1.29, 1.82) is 0 Å². The summed E-state index contributed by atoms with van der Waals surface area (Å²) in [6.07, 6.45) is 5.02. The fourth-order valence-corrected chi connectivity index (χ4v) is 4.19. The standard InChI is InChI=1S/C25H31N5O2/c1-19(11-12-20-8-4-3-5-9-20)26-23(31)13-14-25(32)29-16-7-17-30-24(29)18-21(27-30)22-10-6-15-28(22)2/h3-6,8-10,15,18-19H,7,11-14,16-17H2,1-2H3,(H,26,31)/t19-/m0/s1. The summed E-state index contributed by atoms with van der Waals surface area (Å²) in [7, 11) is 1.98. The molecule has 2 aromatic heterocycles. The average Bonchev–Trinajstić information content (AvgIpc) is 3.42. The summed E-state index contributed by atoms with van der Waals surface area (Å²) in [5, 5.41) is 7.72. The van der Waals surface area contributed by atoms with E-state index < -0.39 is 0 Å². The quantitative estimate of drug-likeness (QED) is 0.591. The number of rotatable bonds is 8. The van der Waals surface area contributed by atoms with Crippen LogP contribution >= 0.6 is 0 Å². The van der Waals surface area contributed by atoms with Gasteiger partial charge in [-0.15, -0.1) is 0 Å². The Morgan fingerprint density at radius 1 is 1.09 bits per heavy atom. The first-order valence-corrected chi connectivity index (χ1v) is 11.3. The lowest BCUT2D eigenvalue weighted by Gasteiger charge is -2.27. The molecule has 1 aromatic carbocycles. The molecule has 0 saturated carbocycles. The van der Waals surface area contributed by atoms with Gasteiger partial charge in [0.25, 0.3) is 0 Å². The number of nitrogens with zero attached hydrogens (tertiary/aromatic N) is 4. The molecule has 0 aliphatic carbocycles. The normalized spacial score (nSPS) is 14.1. The molecule has 1 N–H and O–H groups in total. The van der Waals surface area contributed by atoms with Crippen LogP contribution in [-0.2, 0) is 29.6 Å². The third kappa shape index (κ3) is 5.10. The van der Waals surface area contributed by atoms with E-state index in [0.717, 1.165) is 43.0 Å². The van der Waals surface area contributed by atoms with Crippen LogP contribution in [0.3, 0.4) is 0 Å². The number of hydrogen-bond donors (Lipinski definition) is 1. The molecular weight excluding hydrogens is 402 g/mol. The van der Waals surface area contributed by atoms with Crippen molar-refractivity contribution in [2.45, 2.75) is 51.6 Å². The third-order valence-electron chi connectivity index (χ3n) is 5.98. The van der Waals surface area contributed by atoms with E-state index in [4.69, 9.17) is 0 Å². The van der Waals surface area contributed by atoms with E-state index in [-0.39, 0.29) is 30.7 Å². The molecule has 3 aromatic rings. The number of benzene rings is 1. The first kappa shape index (κ1) is 21.9. The average molecular weight is 434 g/mol. The molecular formula is C25H31N5O2. The molecule has 1 atom stereocenters. The number of hydrogen-bond acceptors (Lipinski definition) is 3. The second-order valence-electron chi connectivity index (χ2n) is 8.51. The van der Waals surface area contributed by atoms with Crippen molar-refractivity contribution >= 4 is 17.6 Å². The predicted octanol–water partition coefficient (Wildman–Crippen LogP) is 3.54. The van der Waals surface area contributed by atoms with E-state index >= 15 is 0 Å². The van der Waals surface area contributed by atoms with Crippen LogP contribution in [0.25, 0.3) is 11.4 Å². The predicted molar refractivity (Wildman–Crippen MR) is 125 cm³/mol. The van der Waals surface area contributed by atoms with Gasteiger partial charge in [-0.25, -0.2) is 4.68 Å². The van der Waals surface area contributed by atoms with Crippen LogP contribution in [0, 0.1) is 0 Å². The molecule has 0 unspecified atom stereocenters. The van der Waals surface area contributed by atoms with E-state index in [9.17, 15) is 9.59 Å². The van der Waals surface area contributed by atoms with E-state index in [1.54, 1.807) is 4.90 Å². The van der Waals surface area contributed by atoms with Crippen molar-refractivity contribution in [2.24, 2.45) is 7.05 Å². The highest BCUT2D eigenvalue weighted by molar-refractivity contribution is 5.95. The Morgan fingerprint density at radius 2 is 1.91 bits per heavy atom. The number of fused-ring (bicyclic) bond motifs is 1. The number of carbonyl (C=O) groups is 2. The van der Waals surface area contributed by atoms with Crippen molar-refractivity contribution in [1.82, 2.24) is 19.7 Å². The smallest absolute Gasteiger partial charge is 0.228 e. The number of carbonyl (C=O) groups excluding carboxylic acids is 2. The molecule has 1 aliphatic heterocycles. The highest BCUT2D eigenvalue weighted by Gasteiger charge is 2.25. The Hall–Kier alpha value is -3.35. The van der Waals surface area contributed by atoms with Gasteiger partial charge in [0.15, 0.2) is 0 Å². The molecule has 2 amide bonds. The zero-order valence-corrected chi connectivity index (χ0v) is 18.8. The second-order valence-corrected chi connectivity index (χ2v) is 8.51. The summed E-state index contributed by atoms with van der Waals surface area (Å²) in [6.45, 7) is 3.46. The molecule has 4 rings (SSSR count). The molecule has 168 valence electrons. The summed E-state index contributed by atoms with van der Waals surface area (Å²) in [5.41, 5.74) is 3.14. The fourth-order valence-electron chi connectivity index (χ4n) is 4.19. The Labute approximate surface area is 189 Å². The molecule has 32 heavy (non-hydrogen) atoms. The first-order valence-electron chi connectivity index (χ1n) is 11.3. The van der Waals surface area contributed by atoms with E-state index in [2.05, 4.69) is 22.5 Å². The Balaban J connectivity index is 1.29. The van der Waals surface area contributed by atoms with Crippen LogP contribution in [0.2, 0.25) is 0 Å². The SMILES string of the molecule is C[C@@H](CCc1ccccc1)NC(=O)CCC(=O)N1CCCn2nc(-c3cccn3C)cc21. The van der Waals surface area contributed by atoms with Gasteiger partial charge in [0.1, 0.15) is 11.5 Å². The van der Waals surface area contributed by atoms with Gasteiger partial charge in [0.2, 0.25) is 11.8 Å². The highest BCUT2D eigenvalue weighted by atomic mass is 16.2. The van der Waals surface area contributed by atoms with Gasteiger partial charge in [0.05, 0.1) is 5.69 Å². The van der Waals surface area contributed by atoms with Crippen LogP contribution in [0.5, 0.6) is 0 Å². The van der Waals surface area contributed by atoms with Crippen molar-refractivity contribution in [3.05, 3.63) is 60.3 Å². The summed E-state index contributed by atoms with van der Waals surface area (Å²) < 4.78 is 3.92. The van der Waals surface area contributed by atoms with E-state index in [1.807, 2.05) is 65.8 Å². The van der Waals surface area contributed by atoms with Crippen molar-refractivity contribution in [3.8, 4) is 11.4 Å². The molecule has 7 nitrogen and oxygen atoms in total. The largest absolute Gasteiger partial charge is 0.354 e. The zero-order chi connectivity index (χ0) is 22.5. The van der Waals surface area contributed by atoms with E-state index in [1.165, 1.54) is 5.56 Å². The summed E-state index contributed by atoms with van der Waals surface area (Å²) in [5.74, 6) is 0.708. The molecule has 0 spiro atoms. The topological polar surface area (TPSA) is 72.2 Å². The number of aryl methyl sites for hydroxylation is 3. The van der Waals surface area contributed by atoms with Crippen molar-refractivity contribution in [2.75, 3.05) is 11.4 Å². The molecule has 1 aliphatic rings. The van der Waals surface area contributed by atoms with Gasteiger partial charge >= 0.3 is 0 Å². The zero-order valence-electron chi connectivity index (χ0n) is 18.8. The number of nitrogens with one attached hydrogen (secondary N) is 1. The summed E-state index contributed by atoms with van der Waals surface area (Å²) in [4.78, 5) is 27.1. The van der Waals surface area contributed by atoms with Crippen LogP contribution < -0.4 is 10.2 Å². The third-order valence-corrected chi connectivity index (χ3v) is 5.98. The first-order chi connectivity index (χ1) is 15.5. The molecule has 7 heteroatoms. The number of amides is 2. The maximum Gasteiger partial charge on any atom is 0.228 e. The monoisotopic (exact) mass is 433 g/mol. The maximum absolute atomic E-state index is 12.9. The van der Waals surface area contributed by atoms with Crippen LogP contribution in [0.15, 0.2) is 54.7 Å². The van der Waals surface area contributed by atoms with Crippen LogP contribution in [0.4, 0.5) is 5.82 Å². The van der Waals surface area contributed by atoms with Crippen LogP contribution in [0.1, 0.15) is 38.2 Å². The van der Waals surface area contributed by atoms with Gasteiger partial charge in [-0.3, -0.25) is 14.5 Å². The minimum absolute atomic E-state index is 0.0311. The highest BCUT2D eigenvalue weighted by Crippen LogP contribution is 2.28. The molecule has 0 radical (unpaired) electrons. The minimum atomic E-state index is -0.0751. The molecule has 0 fully saturated rings. The summed E-state index contributed by atoms with van der Waals surface area (Å²) in [6, 6.07) is 16.3. The number of anilines is 1. The Morgan fingerprint density at radius 3 is 2.66 bits per heavy atom. The van der Waals surface area contributed by atoms with Gasteiger partial charge < -0.3 is 9.88 Å². The van der Waals surface area contributed by atoms with Crippen molar-refractivity contribution < 1.29 is 9.59 Å². The minimum Gasteiger partial charge on any atom is -0.354 e. The maximum atomic E-state index is 12.9. The summed E-state index contributed by atoms with van der Waals surface area (Å²) >= 11 is 0. The van der Waals surface area contributed by atoms with Gasteiger partial charge in [-0.1, -0.05) is 30.3 Å².